The van der Waals surface area contributed by atoms with E-state index < -0.39 is 20.6 Å². The minimum Gasteiger partial charge on any atom is -0.278 e. The van der Waals surface area contributed by atoms with Gasteiger partial charge in [-0.25, -0.2) is 13.4 Å². The lowest BCUT2D eigenvalue weighted by Gasteiger charge is -2.08. The zero-order chi connectivity index (χ0) is 15.6. The Morgan fingerprint density at radius 2 is 1.90 bits per heavy atom. The van der Waals surface area contributed by atoms with Gasteiger partial charge in [0.1, 0.15) is 10.2 Å². The van der Waals surface area contributed by atoms with Crippen molar-refractivity contribution in [3.05, 3.63) is 56.8 Å². The monoisotopic (exact) mass is 347 g/mol. The molecule has 0 aliphatic rings. The average Bonchev–Trinajstić information content (AvgIpc) is 2.41. The first-order valence-electron chi connectivity index (χ1n) is 5.38. The summed E-state index contributed by atoms with van der Waals surface area (Å²) in [5.41, 5.74) is -0.314. The summed E-state index contributed by atoms with van der Waals surface area (Å²) in [4.78, 5) is 13.5. The molecule has 0 saturated carbocycles. The molecule has 2 rings (SSSR count). The van der Waals surface area contributed by atoms with Crippen molar-refractivity contribution < 1.29 is 13.3 Å². The molecule has 2 aromatic rings. The fourth-order valence-corrected chi connectivity index (χ4v) is 2.81. The highest BCUT2D eigenvalue weighted by molar-refractivity contribution is 7.92. The van der Waals surface area contributed by atoms with Gasteiger partial charge in [-0.2, -0.15) is 0 Å². The number of sulfonamides is 1. The number of hydrogen-bond donors (Lipinski definition) is 1. The largest absolute Gasteiger partial charge is 0.289 e. The van der Waals surface area contributed by atoms with Gasteiger partial charge in [0.2, 0.25) is 0 Å². The first kappa shape index (κ1) is 15.5. The minimum atomic E-state index is -4.00. The Balaban J connectivity index is 2.38. The molecular formula is C11H7Cl2N3O4S. The average molecular weight is 348 g/mol. The van der Waals surface area contributed by atoms with Crippen molar-refractivity contribution in [3.63, 3.8) is 0 Å². The van der Waals surface area contributed by atoms with Crippen molar-refractivity contribution in [2.24, 2.45) is 0 Å². The Kier molecular flexibility index (Phi) is 4.31. The third kappa shape index (κ3) is 3.60. The molecule has 1 heterocycles. The standard InChI is InChI=1S/C11H7Cl2N3O4S/c12-9-3-2-8(5-10(9)16(17)18)21(19,20)15-7-1-4-11(13)14-6-7/h1-6,15H. The van der Waals surface area contributed by atoms with Crippen molar-refractivity contribution in [2.75, 3.05) is 4.72 Å². The van der Waals surface area contributed by atoms with Gasteiger partial charge >= 0.3 is 0 Å². The molecule has 0 aliphatic carbocycles. The SMILES string of the molecule is O=[N+]([O-])c1cc(S(=O)(=O)Nc2ccc(Cl)nc2)ccc1Cl. The molecule has 0 unspecified atom stereocenters. The van der Waals surface area contributed by atoms with Gasteiger partial charge < -0.3 is 0 Å². The third-order valence-electron chi connectivity index (χ3n) is 2.40. The van der Waals surface area contributed by atoms with Crippen molar-refractivity contribution in [1.82, 2.24) is 4.98 Å². The van der Waals surface area contributed by atoms with Crippen LogP contribution >= 0.6 is 23.2 Å². The molecule has 0 aliphatic heterocycles. The lowest BCUT2D eigenvalue weighted by molar-refractivity contribution is -0.384. The molecule has 0 spiro atoms. The minimum absolute atomic E-state index is 0.146. The Bertz CT molecular complexity index is 794. The normalized spacial score (nSPS) is 11.1. The zero-order valence-electron chi connectivity index (χ0n) is 10.2. The molecule has 110 valence electrons. The predicted molar refractivity (Wildman–Crippen MR) is 78.2 cm³/mol. The molecule has 1 aromatic heterocycles. The van der Waals surface area contributed by atoms with Gasteiger partial charge in [-0.1, -0.05) is 23.2 Å². The summed E-state index contributed by atoms with van der Waals surface area (Å²) in [5.74, 6) is 0. The lowest BCUT2D eigenvalue weighted by atomic mass is 10.3. The van der Waals surface area contributed by atoms with E-state index in [0.29, 0.717) is 0 Å². The quantitative estimate of drug-likeness (QED) is 0.520. The summed E-state index contributed by atoms with van der Waals surface area (Å²) in [5, 5.41) is 10.8. The lowest BCUT2D eigenvalue weighted by Crippen LogP contribution is -2.13. The van der Waals surface area contributed by atoms with E-state index in [9.17, 15) is 18.5 Å². The Hall–Kier alpha value is -1.90. The molecule has 10 heteroatoms. The molecule has 21 heavy (non-hydrogen) atoms. The highest BCUT2D eigenvalue weighted by atomic mass is 35.5. The number of hydrogen-bond acceptors (Lipinski definition) is 5. The Labute approximate surface area is 129 Å². The van der Waals surface area contributed by atoms with Crippen LogP contribution in [0.2, 0.25) is 10.2 Å². The second-order valence-electron chi connectivity index (χ2n) is 3.85. The summed E-state index contributed by atoms with van der Waals surface area (Å²) in [6.07, 6.45) is 1.23. The van der Waals surface area contributed by atoms with E-state index in [4.69, 9.17) is 23.2 Å². The first-order chi connectivity index (χ1) is 9.79. The van der Waals surface area contributed by atoms with E-state index in [1.165, 1.54) is 24.4 Å². The molecule has 7 nitrogen and oxygen atoms in total. The highest BCUT2D eigenvalue weighted by Gasteiger charge is 2.20. The number of anilines is 1. The van der Waals surface area contributed by atoms with Gasteiger partial charge in [0.05, 0.1) is 21.7 Å². The highest BCUT2D eigenvalue weighted by Crippen LogP contribution is 2.28. The first-order valence-corrected chi connectivity index (χ1v) is 7.62. The van der Waals surface area contributed by atoms with Crippen molar-refractivity contribution in [2.45, 2.75) is 4.90 Å². The molecule has 0 bridgehead atoms. The molecule has 0 amide bonds. The number of rotatable bonds is 4. The Morgan fingerprint density at radius 3 is 2.48 bits per heavy atom. The summed E-state index contributed by atoms with van der Waals surface area (Å²) in [6, 6.07) is 6.02. The van der Waals surface area contributed by atoms with Gasteiger partial charge in [0, 0.05) is 6.07 Å². The van der Waals surface area contributed by atoms with Crippen molar-refractivity contribution in [3.8, 4) is 0 Å². The third-order valence-corrected chi connectivity index (χ3v) is 4.33. The molecule has 0 radical (unpaired) electrons. The number of pyridine rings is 1. The fraction of sp³-hybridized carbons (Fsp3) is 0. The molecule has 1 N–H and O–H groups in total. The maximum atomic E-state index is 12.1. The van der Waals surface area contributed by atoms with Crippen LogP contribution in [-0.2, 0) is 10.0 Å². The van der Waals surface area contributed by atoms with E-state index >= 15 is 0 Å². The summed E-state index contributed by atoms with van der Waals surface area (Å²) in [6.45, 7) is 0. The van der Waals surface area contributed by atoms with Crippen LogP contribution in [0, 0.1) is 10.1 Å². The van der Waals surface area contributed by atoms with E-state index in [-0.39, 0.29) is 20.8 Å². The number of nitrogens with one attached hydrogen (secondary N) is 1. The van der Waals surface area contributed by atoms with E-state index in [2.05, 4.69) is 9.71 Å². The smallest absolute Gasteiger partial charge is 0.278 e. The summed E-state index contributed by atoms with van der Waals surface area (Å²) >= 11 is 11.2. The second-order valence-corrected chi connectivity index (χ2v) is 6.32. The molecule has 1 aromatic carbocycles. The van der Waals surface area contributed by atoms with Crippen molar-refractivity contribution >= 4 is 44.6 Å². The van der Waals surface area contributed by atoms with Crippen molar-refractivity contribution in [1.29, 1.82) is 0 Å². The maximum absolute atomic E-state index is 12.1. The number of nitrogens with zero attached hydrogens (tertiary/aromatic N) is 2. The van der Waals surface area contributed by atoms with Crippen LogP contribution in [0.15, 0.2) is 41.4 Å². The topological polar surface area (TPSA) is 102 Å². The Morgan fingerprint density at radius 1 is 1.19 bits per heavy atom. The fourth-order valence-electron chi connectivity index (χ4n) is 1.45. The van der Waals surface area contributed by atoms with Crippen LogP contribution in [0.4, 0.5) is 11.4 Å². The van der Waals surface area contributed by atoms with E-state index in [1.54, 1.807) is 0 Å². The maximum Gasteiger partial charge on any atom is 0.289 e. The predicted octanol–water partition coefficient (Wildman–Crippen LogP) is 3.10. The van der Waals surface area contributed by atoms with Gasteiger partial charge in [-0.15, -0.1) is 0 Å². The number of nitro benzene ring substituents is 1. The molecular weight excluding hydrogens is 341 g/mol. The van der Waals surface area contributed by atoms with E-state index in [1.807, 2.05) is 0 Å². The van der Waals surface area contributed by atoms with Gasteiger partial charge in [-0.3, -0.25) is 14.8 Å². The van der Waals surface area contributed by atoms with Gasteiger partial charge in [0.15, 0.2) is 0 Å². The number of aromatic nitrogens is 1. The van der Waals surface area contributed by atoms with Crippen LogP contribution in [0.1, 0.15) is 0 Å². The molecule has 0 atom stereocenters. The van der Waals surface area contributed by atoms with Gasteiger partial charge in [0.25, 0.3) is 15.7 Å². The van der Waals surface area contributed by atoms with Gasteiger partial charge in [-0.05, 0) is 24.3 Å². The summed E-state index contributed by atoms with van der Waals surface area (Å²) < 4.78 is 26.5. The van der Waals surface area contributed by atoms with E-state index in [0.717, 1.165) is 12.1 Å². The van der Waals surface area contributed by atoms with Crippen LogP contribution in [0.25, 0.3) is 0 Å². The summed E-state index contributed by atoms with van der Waals surface area (Å²) in [7, 11) is -4.00. The number of nitro groups is 1. The number of benzene rings is 1. The second kappa shape index (κ2) is 5.84. The molecule has 0 saturated heterocycles. The number of halogens is 2. The zero-order valence-corrected chi connectivity index (χ0v) is 12.5. The molecule has 0 fully saturated rings. The van der Waals surface area contributed by atoms with Crippen LogP contribution in [0.5, 0.6) is 0 Å². The van der Waals surface area contributed by atoms with Crippen LogP contribution in [-0.4, -0.2) is 18.3 Å². The van der Waals surface area contributed by atoms with Crippen LogP contribution < -0.4 is 4.72 Å². The van der Waals surface area contributed by atoms with Crippen LogP contribution in [0.3, 0.4) is 0 Å².